The van der Waals surface area contributed by atoms with E-state index in [4.69, 9.17) is 5.11 Å². The molecule has 1 aromatic heterocycles. The van der Waals surface area contributed by atoms with Gasteiger partial charge in [-0.05, 0) is 6.07 Å². The van der Waals surface area contributed by atoms with E-state index in [-0.39, 0.29) is 25.5 Å². The predicted octanol–water partition coefficient (Wildman–Crippen LogP) is 0.105. The van der Waals surface area contributed by atoms with E-state index in [1.807, 2.05) is 0 Å². The highest BCUT2D eigenvalue weighted by Gasteiger charge is 2.34. The standard InChI is InChI=1S/C9H10F3N3O2/c10-9(11,12)7-1-2-15(13-7)5-8(17)14-3-6(16)4-14/h1-2,6,16H,3-5H2. The molecule has 1 aliphatic heterocycles. The Labute approximate surface area is 94.4 Å². The van der Waals surface area contributed by atoms with Crippen molar-refractivity contribution in [2.24, 2.45) is 0 Å². The molecular weight excluding hydrogens is 239 g/mol. The molecule has 5 nitrogen and oxygen atoms in total. The fourth-order valence-electron chi connectivity index (χ4n) is 1.50. The van der Waals surface area contributed by atoms with Crippen LogP contribution in [0.2, 0.25) is 0 Å². The molecule has 94 valence electrons. The summed E-state index contributed by atoms with van der Waals surface area (Å²) in [5.74, 6) is -0.355. The second-order valence-electron chi connectivity index (χ2n) is 3.85. The zero-order valence-electron chi connectivity index (χ0n) is 8.68. The van der Waals surface area contributed by atoms with Gasteiger partial charge in [0.1, 0.15) is 6.54 Å². The maximum absolute atomic E-state index is 12.2. The lowest BCUT2D eigenvalue weighted by Crippen LogP contribution is -2.54. The smallest absolute Gasteiger partial charge is 0.389 e. The molecule has 0 radical (unpaired) electrons. The average Bonchev–Trinajstić information content (AvgIpc) is 2.60. The summed E-state index contributed by atoms with van der Waals surface area (Å²) in [5, 5.41) is 12.2. The summed E-state index contributed by atoms with van der Waals surface area (Å²) < 4.78 is 37.6. The molecule has 0 aromatic carbocycles. The number of rotatable bonds is 2. The van der Waals surface area contributed by atoms with Crippen LogP contribution in [0.1, 0.15) is 5.69 Å². The second-order valence-corrected chi connectivity index (χ2v) is 3.85. The lowest BCUT2D eigenvalue weighted by molar-refractivity contribution is -0.144. The van der Waals surface area contributed by atoms with Crippen LogP contribution < -0.4 is 0 Å². The van der Waals surface area contributed by atoms with Crippen LogP contribution in [0, 0.1) is 0 Å². The van der Waals surface area contributed by atoms with Gasteiger partial charge >= 0.3 is 6.18 Å². The Morgan fingerprint density at radius 3 is 2.65 bits per heavy atom. The van der Waals surface area contributed by atoms with E-state index >= 15 is 0 Å². The molecule has 1 fully saturated rings. The van der Waals surface area contributed by atoms with Gasteiger partial charge in [0.2, 0.25) is 5.91 Å². The predicted molar refractivity (Wildman–Crippen MR) is 49.8 cm³/mol. The van der Waals surface area contributed by atoms with Crippen LogP contribution in [0.5, 0.6) is 0 Å². The molecular formula is C9H10F3N3O2. The van der Waals surface area contributed by atoms with Crippen molar-refractivity contribution in [1.29, 1.82) is 0 Å². The summed E-state index contributed by atoms with van der Waals surface area (Å²) in [6.07, 6.45) is -3.92. The van der Waals surface area contributed by atoms with Crippen molar-refractivity contribution in [2.75, 3.05) is 13.1 Å². The van der Waals surface area contributed by atoms with Crippen molar-refractivity contribution >= 4 is 5.91 Å². The van der Waals surface area contributed by atoms with E-state index in [2.05, 4.69) is 5.10 Å². The molecule has 17 heavy (non-hydrogen) atoms. The van der Waals surface area contributed by atoms with Gasteiger partial charge in [-0.15, -0.1) is 0 Å². The largest absolute Gasteiger partial charge is 0.435 e. The van der Waals surface area contributed by atoms with Crippen molar-refractivity contribution < 1.29 is 23.1 Å². The fraction of sp³-hybridized carbons (Fsp3) is 0.556. The number of aliphatic hydroxyl groups excluding tert-OH is 1. The van der Waals surface area contributed by atoms with Crippen molar-refractivity contribution in [1.82, 2.24) is 14.7 Å². The molecule has 2 rings (SSSR count). The highest BCUT2D eigenvalue weighted by molar-refractivity contribution is 5.76. The Bertz CT molecular complexity index is 423. The number of nitrogens with zero attached hydrogens (tertiary/aromatic N) is 3. The van der Waals surface area contributed by atoms with Gasteiger partial charge in [0.05, 0.1) is 6.10 Å². The fourth-order valence-corrected chi connectivity index (χ4v) is 1.50. The topological polar surface area (TPSA) is 58.4 Å². The Morgan fingerprint density at radius 2 is 2.18 bits per heavy atom. The number of alkyl halides is 3. The first-order valence-electron chi connectivity index (χ1n) is 4.93. The minimum absolute atomic E-state index is 0.228. The third kappa shape index (κ3) is 2.57. The van der Waals surface area contributed by atoms with Crippen LogP contribution in [-0.4, -0.2) is 44.9 Å². The van der Waals surface area contributed by atoms with Crippen LogP contribution in [0.25, 0.3) is 0 Å². The molecule has 1 amide bonds. The maximum Gasteiger partial charge on any atom is 0.435 e. The van der Waals surface area contributed by atoms with Gasteiger partial charge in [-0.1, -0.05) is 0 Å². The van der Waals surface area contributed by atoms with Crippen molar-refractivity contribution in [3.05, 3.63) is 18.0 Å². The summed E-state index contributed by atoms with van der Waals surface area (Å²) in [6, 6.07) is 0.818. The number of carbonyl (C=O) groups excluding carboxylic acids is 1. The lowest BCUT2D eigenvalue weighted by Gasteiger charge is -2.35. The minimum atomic E-state index is -4.50. The summed E-state index contributed by atoms with van der Waals surface area (Å²) >= 11 is 0. The highest BCUT2D eigenvalue weighted by atomic mass is 19.4. The molecule has 0 saturated carbocycles. The molecule has 0 spiro atoms. The summed E-state index contributed by atoms with van der Waals surface area (Å²) in [5.41, 5.74) is -1.02. The van der Waals surface area contributed by atoms with E-state index in [0.29, 0.717) is 0 Å². The molecule has 8 heteroatoms. The molecule has 0 unspecified atom stereocenters. The lowest BCUT2D eigenvalue weighted by atomic mass is 10.2. The van der Waals surface area contributed by atoms with Crippen LogP contribution in [0.3, 0.4) is 0 Å². The number of carbonyl (C=O) groups is 1. The van der Waals surface area contributed by atoms with Gasteiger partial charge in [-0.25, -0.2) is 0 Å². The van der Waals surface area contributed by atoms with Crippen LogP contribution in [-0.2, 0) is 17.5 Å². The van der Waals surface area contributed by atoms with Gasteiger partial charge in [0.25, 0.3) is 0 Å². The Balaban J connectivity index is 1.95. The normalized spacial score (nSPS) is 17.1. The van der Waals surface area contributed by atoms with E-state index in [0.717, 1.165) is 16.9 Å². The Hall–Kier alpha value is -1.57. The van der Waals surface area contributed by atoms with Crippen LogP contribution >= 0.6 is 0 Å². The van der Waals surface area contributed by atoms with Gasteiger partial charge in [0.15, 0.2) is 5.69 Å². The Morgan fingerprint density at radius 1 is 1.53 bits per heavy atom. The van der Waals surface area contributed by atoms with Crippen molar-refractivity contribution in [3.63, 3.8) is 0 Å². The number of aromatic nitrogens is 2. The number of β-amino-alcohol motifs (C(OH)–C–C–N with tert-alkyl or cyclic N) is 1. The number of aliphatic hydroxyl groups is 1. The molecule has 0 bridgehead atoms. The van der Waals surface area contributed by atoms with Crippen LogP contribution in [0.4, 0.5) is 13.2 Å². The molecule has 0 atom stereocenters. The number of amides is 1. The first-order chi connectivity index (χ1) is 7.86. The Kier molecular flexibility index (Phi) is 2.82. The van der Waals surface area contributed by atoms with Crippen LogP contribution in [0.15, 0.2) is 12.3 Å². The average molecular weight is 249 g/mol. The zero-order chi connectivity index (χ0) is 12.6. The molecule has 1 aromatic rings. The first-order valence-corrected chi connectivity index (χ1v) is 4.93. The minimum Gasteiger partial charge on any atom is -0.389 e. The molecule has 1 N–H and O–H groups in total. The summed E-state index contributed by atoms with van der Waals surface area (Å²) in [6.45, 7) is 0.210. The number of hydrogen-bond acceptors (Lipinski definition) is 3. The van der Waals surface area contributed by atoms with Gasteiger partial charge < -0.3 is 10.0 Å². The number of halogens is 3. The summed E-state index contributed by atoms with van der Waals surface area (Å²) in [7, 11) is 0. The van der Waals surface area contributed by atoms with E-state index < -0.39 is 18.0 Å². The van der Waals surface area contributed by atoms with E-state index in [1.54, 1.807) is 0 Å². The quantitative estimate of drug-likeness (QED) is 0.809. The maximum atomic E-state index is 12.2. The van der Waals surface area contributed by atoms with Crippen molar-refractivity contribution in [3.8, 4) is 0 Å². The molecule has 1 saturated heterocycles. The van der Waals surface area contributed by atoms with Crippen molar-refractivity contribution in [2.45, 2.75) is 18.8 Å². The van der Waals surface area contributed by atoms with Gasteiger partial charge in [0, 0.05) is 19.3 Å². The third-order valence-electron chi connectivity index (χ3n) is 2.44. The number of hydrogen-bond donors (Lipinski definition) is 1. The molecule has 2 heterocycles. The van der Waals surface area contributed by atoms with Gasteiger partial charge in [-0.2, -0.15) is 18.3 Å². The number of likely N-dealkylation sites (tertiary alicyclic amines) is 1. The highest BCUT2D eigenvalue weighted by Crippen LogP contribution is 2.27. The monoisotopic (exact) mass is 249 g/mol. The first kappa shape index (κ1) is 11.9. The van der Waals surface area contributed by atoms with E-state index in [1.165, 1.54) is 4.90 Å². The van der Waals surface area contributed by atoms with E-state index in [9.17, 15) is 18.0 Å². The zero-order valence-corrected chi connectivity index (χ0v) is 8.68. The third-order valence-corrected chi connectivity index (χ3v) is 2.44. The molecule has 1 aliphatic rings. The van der Waals surface area contributed by atoms with Gasteiger partial charge in [-0.3, -0.25) is 9.48 Å². The molecule has 0 aliphatic carbocycles. The SMILES string of the molecule is O=C(Cn1ccc(C(F)(F)F)n1)N1CC(O)C1. The second kappa shape index (κ2) is 4.02. The summed E-state index contributed by atoms with van der Waals surface area (Å²) in [4.78, 5) is 12.8.